The Balaban J connectivity index is 4.38. The summed E-state index contributed by atoms with van der Waals surface area (Å²) >= 11 is 0. The molecule has 0 aliphatic carbocycles. The van der Waals surface area contributed by atoms with Gasteiger partial charge in [0.2, 0.25) is 0 Å². The molecule has 440 valence electrons. The Hall–Kier alpha value is -5.49. The molecule has 1 unspecified atom stereocenters. The van der Waals surface area contributed by atoms with Gasteiger partial charge in [0.05, 0.1) is 0 Å². The smallest absolute Gasteiger partial charge is 0.306 e. The average Bonchev–Trinajstić information content (AvgIpc) is 3.45. The number of ether oxygens (including phenoxy) is 3. The molecule has 1 atom stereocenters. The van der Waals surface area contributed by atoms with E-state index in [1.165, 1.54) is 64.2 Å². The molecule has 6 nitrogen and oxygen atoms in total. The third kappa shape index (κ3) is 63.2. The summed E-state index contributed by atoms with van der Waals surface area (Å²) in [6, 6.07) is 0. The van der Waals surface area contributed by atoms with Crippen molar-refractivity contribution in [3.63, 3.8) is 0 Å². The van der Waals surface area contributed by atoms with Gasteiger partial charge in [-0.2, -0.15) is 0 Å². The van der Waals surface area contributed by atoms with Crippen molar-refractivity contribution >= 4 is 17.9 Å². The maximum atomic E-state index is 12.8. The lowest BCUT2D eigenvalue weighted by molar-refractivity contribution is -0.166. The molecule has 0 aromatic carbocycles. The van der Waals surface area contributed by atoms with Crippen LogP contribution in [0.3, 0.4) is 0 Å². The second-order valence-corrected chi connectivity index (χ2v) is 19.8. The standard InChI is InChI=1S/C73H112O6/c1-4-7-10-13-16-19-22-25-27-29-30-31-32-33-34-35-36-37-38-39-40-41-42-44-45-48-51-54-57-60-63-66-72(75)78-69-70(68-77-71(74)65-62-59-56-53-50-47-24-21-18-15-12-9-6-3)79-73(76)67-64-61-58-55-52-49-46-43-28-26-23-20-17-14-11-8-5-2/h7-12,16-21,25-28,30-31,33-34,36-37,46-47,49-50,55-56,58-59,70H,4-6,13-15,22-24,29,32,35,38-45,48,51-54,57,60-69H2,1-3H3/b10-7-,11-8-,12-9-,19-16-,20-17-,21-18-,27-25-,28-26-,31-30-,34-33-,37-36-,49-46-,50-47-,58-55-,59-56-. The van der Waals surface area contributed by atoms with Gasteiger partial charge in [-0.3, -0.25) is 14.4 Å². The molecule has 0 fully saturated rings. The molecule has 0 aliphatic rings. The molecule has 0 amide bonds. The Kier molecular flexibility index (Phi) is 60.5. The minimum atomic E-state index is -0.847. The van der Waals surface area contributed by atoms with E-state index in [4.69, 9.17) is 14.2 Å². The van der Waals surface area contributed by atoms with Crippen LogP contribution in [-0.4, -0.2) is 37.2 Å². The van der Waals surface area contributed by atoms with Crippen LogP contribution in [-0.2, 0) is 28.6 Å². The fourth-order valence-corrected chi connectivity index (χ4v) is 7.85. The molecule has 0 aromatic heterocycles. The lowest BCUT2D eigenvalue weighted by atomic mass is 10.0. The van der Waals surface area contributed by atoms with Crippen LogP contribution in [0.25, 0.3) is 0 Å². The highest BCUT2D eigenvalue weighted by molar-refractivity contribution is 5.71. The van der Waals surface area contributed by atoms with Gasteiger partial charge >= 0.3 is 17.9 Å². The van der Waals surface area contributed by atoms with Crippen molar-refractivity contribution < 1.29 is 28.6 Å². The van der Waals surface area contributed by atoms with Crippen LogP contribution in [0, 0.1) is 0 Å². The molecule has 79 heavy (non-hydrogen) atoms. The van der Waals surface area contributed by atoms with Gasteiger partial charge in [-0.25, -0.2) is 0 Å². The molecule has 0 aliphatic heterocycles. The van der Waals surface area contributed by atoms with Gasteiger partial charge in [-0.1, -0.05) is 267 Å². The predicted molar refractivity (Wildman–Crippen MR) is 343 cm³/mol. The first kappa shape index (κ1) is 73.5. The highest BCUT2D eigenvalue weighted by atomic mass is 16.6. The zero-order valence-electron chi connectivity index (χ0n) is 50.3. The van der Waals surface area contributed by atoms with Crippen molar-refractivity contribution in [3.05, 3.63) is 182 Å². The van der Waals surface area contributed by atoms with Crippen LogP contribution in [0.1, 0.15) is 239 Å². The second-order valence-electron chi connectivity index (χ2n) is 19.8. The van der Waals surface area contributed by atoms with E-state index in [1.54, 1.807) is 0 Å². The van der Waals surface area contributed by atoms with E-state index in [0.717, 1.165) is 122 Å². The molecular formula is C73H112O6. The summed E-state index contributed by atoms with van der Waals surface area (Å²) in [4.78, 5) is 38.2. The fraction of sp³-hybridized carbons (Fsp3) is 0.548. The summed E-state index contributed by atoms with van der Waals surface area (Å²) in [5.41, 5.74) is 0. The van der Waals surface area contributed by atoms with Gasteiger partial charge in [-0.05, 0) is 135 Å². The lowest BCUT2D eigenvalue weighted by Crippen LogP contribution is -2.30. The third-order valence-electron chi connectivity index (χ3n) is 12.4. The van der Waals surface area contributed by atoms with Crippen LogP contribution >= 0.6 is 0 Å². The first-order valence-electron chi connectivity index (χ1n) is 31.3. The van der Waals surface area contributed by atoms with Crippen molar-refractivity contribution in [1.29, 1.82) is 0 Å². The highest BCUT2D eigenvalue weighted by Gasteiger charge is 2.19. The van der Waals surface area contributed by atoms with E-state index < -0.39 is 12.1 Å². The SMILES string of the molecule is CC/C=C\C/C=C\C/C=C\C/C=C\C/C=C\C/C=C\CCCCCCCCCCCCCCC(=O)OCC(COC(=O)CC/C=C\C/C=C\C/C=C\C/C=C\CC)OC(=O)CCC/C=C\C/C=C\C/C=C\C/C=C\C/C=C\CC. The number of hydrogen-bond donors (Lipinski definition) is 0. The molecule has 0 radical (unpaired) electrons. The third-order valence-corrected chi connectivity index (χ3v) is 12.4. The van der Waals surface area contributed by atoms with Crippen molar-refractivity contribution in [3.8, 4) is 0 Å². The molecular weight excluding hydrogens is 973 g/mol. The predicted octanol–water partition coefficient (Wildman–Crippen LogP) is 21.7. The van der Waals surface area contributed by atoms with Gasteiger partial charge in [0.1, 0.15) is 13.2 Å². The number of unbranched alkanes of at least 4 members (excludes halogenated alkanes) is 13. The van der Waals surface area contributed by atoms with Gasteiger partial charge < -0.3 is 14.2 Å². The monoisotopic (exact) mass is 1080 g/mol. The van der Waals surface area contributed by atoms with E-state index in [1.807, 2.05) is 12.2 Å². The average molecular weight is 1090 g/mol. The summed E-state index contributed by atoms with van der Waals surface area (Å²) in [5, 5.41) is 0. The van der Waals surface area contributed by atoms with Crippen LogP contribution in [0.15, 0.2) is 182 Å². The Morgan fingerprint density at radius 3 is 0.823 bits per heavy atom. The maximum Gasteiger partial charge on any atom is 0.306 e. The quantitative estimate of drug-likeness (QED) is 0.0261. The van der Waals surface area contributed by atoms with Crippen LogP contribution in [0.4, 0.5) is 0 Å². The Morgan fingerprint density at radius 2 is 0.494 bits per heavy atom. The Labute approximate surface area is 484 Å². The number of carbonyl (C=O) groups excluding carboxylic acids is 3. The first-order chi connectivity index (χ1) is 39.0. The maximum absolute atomic E-state index is 12.8. The number of hydrogen-bond acceptors (Lipinski definition) is 6. The molecule has 0 saturated heterocycles. The van der Waals surface area contributed by atoms with Crippen LogP contribution < -0.4 is 0 Å². The zero-order chi connectivity index (χ0) is 57.1. The molecule has 6 heteroatoms. The van der Waals surface area contributed by atoms with E-state index >= 15 is 0 Å². The summed E-state index contributed by atoms with van der Waals surface area (Å²) in [5.74, 6) is -1.09. The minimum absolute atomic E-state index is 0.132. The van der Waals surface area contributed by atoms with Crippen molar-refractivity contribution in [2.24, 2.45) is 0 Å². The Bertz CT molecular complexity index is 1870. The van der Waals surface area contributed by atoms with E-state index in [-0.39, 0.29) is 38.0 Å². The highest BCUT2D eigenvalue weighted by Crippen LogP contribution is 2.14. The summed E-state index contributed by atoms with van der Waals surface area (Å²) < 4.78 is 16.8. The van der Waals surface area contributed by atoms with Gasteiger partial charge in [0.15, 0.2) is 6.10 Å². The summed E-state index contributed by atoms with van der Waals surface area (Å²) in [6.07, 6.45) is 97.8. The van der Waals surface area contributed by atoms with Crippen molar-refractivity contribution in [2.45, 2.75) is 245 Å². The molecule has 0 spiro atoms. The normalized spacial score (nSPS) is 13.4. The van der Waals surface area contributed by atoms with Crippen LogP contribution in [0.5, 0.6) is 0 Å². The number of esters is 3. The van der Waals surface area contributed by atoms with Crippen LogP contribution in [0.2, 0.25) is 0 Å². The molecule has 0 aromatic rings. The van der Waals surface area contributed by atoms with E-state index in [9.17, 15) is 14.4 Å². The summed E-state index contributed by atoms with van der Waals surface area (Å²) in [6.45, 7) is 6.17. The van der Waals surface area contributed by atoms with Crippen molar-refractivity contribution in [2.75, 3.05) is 13.2 Å². The molecule has 0 heterocycles. The van der Waals surface area contributed by atoms with E-state index in [0.29, 0.717) is 19.3 Å². The number of allylic oxidation sites excluding steroid dienone is 30. The number of rotatable bonds is 54. The molecule has 0 saturated carbocycles. The first-order valence-corrected chi connectivity index (χ1v) is 31.3. The lowest BCUT2D eigenvalue weighted by Gasteiger charge is -2.18. The van der Waals surface area contributed by atoms with Gasteiger partial charge in [0.25, 0.3) is 0 Å². The zero-order valence-corrected chi connectivity index (χ0v) is 50.3. The topological polar surface area (TPSA) is 78.9 Å². The molecule has 0 bridgehead atoms. The largest absolute Gasteiger partial charge is 0.462 e. The van der Waals surface area contributed by atoms with E-state index in [2.05, 4.69) is 191 Å². The van der Waals surface area contributed by atoms with Gasteiger partial charge in [-0.15, -0.1) is 0 Å². The Morgan fingerprint density at radius 1 is 0.253 bits per heavy atom. The second kappa shape index (κ2) is 65.0. The van der Waals surface area contributed by atoms with Crippen molar-refractivity contribution in [1.82, 2.24) is 0 Å². The van der Waals surface area contributed by atoms with Gasteiger partial charge in [0, 0.05) is 19.3 Å². The molecule has 0 N–H and O–H groups in total. The minimum Gasteiger partial charge on any atom is -0.462 e. The summed E-state index contributed by atoms with van der Waals surface area (Å²) in [7, 11) is 0. The fourth-order valence-electron chi connectivity index (χ4n) is 7.85. The number of carbonyl (C=O) groups is 3. The molecule has 0 rings (SSSR count).